The average molecular weight is 422 g/mol. The molecule has 0 aliphatic carbocycles. The molecular weight excluding hydrogens is 394 g/mol. The number of benzene rings is 1. The van der Waals surface area contributed by atoms with E-state index in [1.807, 2.05) is 18.7 Å². The van der Waals surface area contributed by atoms with Gasteiger partial charge in [0.1, 0.15) is 11.9 Å². The summed E-state index contributed by atoms with van der Waals surface area (Å²) in [5.41, 5.74) is 0.676. The van der Waals surface area contributed by atoms with Gasteiger partial charge in [0.25, 0.3) is 0 Å². The quantitative estimate of drug-likeness (QED) is 0.631. The van der Waals surface area contributed by atoms with E-state index in [0.717, 1.165) is 6.07 Å². The monoisotopic (exact) mass is 422 g/mol. The van der Waals surface area contributed by atoms with Gasteiger partial charge in [-0.05, 0) is 32.9 Å². The molecule has 1 fully saturated rings. The van der Waals surface area contributed by atoms with Crippen LogP contribution in [0.15, 0.2) is 18.2 Å². The van der Waals surface area contributed by atoms with Crippen LogP contribution >= 0.6 is 0 Å². The highest BCUT2D eigenvalue weighted by Crippen LogP contribution is 2.30. The van der Waals surface area contributed by atoms with Crippen molar-refractivity contribution in [3.05, 3.63) is 41.2 Å². The predicted molar refractivity (Wildman–Crippen MR) is 110 cm³/mol. The first-order valence-electron chi connectivity index (χ1n) is 10.1. The Morgan fingerprint density at radius 3 is 2.47 bits per heavy atom. The number of rotatable bonds is 7. The first-order chi connectivity index (χ1) is 14.3. The predicted octanol–water partition coefficient (Wildman–Crippen LogP) is 3.17. The third kappa shape index (κ3) is 5.14. The maximum atomic E-state index is 13.9. The summed E-state index contributed by atoms with van der Waals surface area (Å²) < 4.78 is 32.7. The number of aliphatic hydroxyl groups excluding tert-OH is 2. The molecule has 1 saturated heterocycles. The minimum atomic E-state index is -0.855. The van der Waals surface area contributed by atoms with E-state index in [1.165, 1.54) is 12.1 Å². The SMILES string of the molecule is CC(C)Nc1nc(C(C)O)c(CO)nc1N1CCC(Oc2ccc(F)cc2F)CC1. The van der Waals surface area contributed by atoms with Gasteiger partial charge in [0.2, 0.25) is 0 Å². The van der Waals surface area contributed by atoms with Crippen LogP contribution in [0.5, 0.6) is 5.75 Å². The van der Waals surface area contributed by atoms with Crippen LogP contribution in [-0.4, -0.2) is 45.4 Å². The minimum Gasteiger partial charge on any atom is -0.487 e. The van der Waals surface area contributed by atoms with Crippen molar-refractivity contribution in [1.82, 2.24) is 9.97 Å². The zero-order valence-electron chi connectivity index (χ0n) is 17.4. The molecular formula is C21H28F2N4O3. The first-order valence-corrected chi connectivity index (χ1v) is 10.1. The molecule has 1 aliphatic rings. The normalized spacial score (nSPS) is 16.1. The molecule has 1 atom stereocenters. The number of hydrogen-bond acceptors (Lipinski definition) is 7. The molecule has 2 aromatic rings. The zero-order valence-corrected chi connectivity index (χ0v) is 17.4. The number of piperidine rings is 1. The van der Waals surface area contributed by atoms with E-state index in [-0.39, 0.29) is 24.5 Å². The summed E-state index contributed by atoms with van der Waals surface area (Å²) in [7, 11) is 0. The van der Waals surface area contributed by atoms with E-state index in [4.69, 9.17) is 4.74 Å². The Morgan fingerprint density at radius 2 is 1.90 bits per heavy atom. The molecule has 0 radical (unpaired) electrons. The number of anilines is 2. The van der Waals surface area contributed by atoms with Crippen molar-refractivity contribution in [2.24, 2.45) is 0 Å². The van der Waals surface area contributed by atoms with E-state index in [1.54, 1.807) is 6.92 Å². The van der Waals surface area contributed by atoms with Gasteiger partial charge in [-0.25, -0.2) is 18.7 Å². The van der Waals surface area contributed by atoms with Gasteiger partial charge in [-0.3, -0.25) is 0 Å². The fraction of sp³-hybridized carbons (Fsp3) is 0.524. The smallest absolute Gasteiger partial charge is 0.172 e. The van der Waals surface area contributed by atoms with E-state index in [2.05, 4.69) is 15.3 Å². The van der Waals surface area contributed by atoms with Crippen LogP contribution in [0.4, 0.5) is 20.4 Å². The number of hydrogen-bond donors (Lipinski definition) is 3. The number of nitrogens with one attached hydrogen (secondary N) is 1. The first kappa shape index (κ1) is 22.2. The maximum Gasteiger partial charge on any atom is 0.172 e. The standard InChI is InChI=1S/C21H28F2N4O3/c1-12(2)24-20-21(25-17(11-28)19(26-20)13(3)29)27-8-6-15(7-9-27)30-18-5-4-14(22)10-16(18)23/h4-5,10,12-13,15,28-29H,6-9,11H2,1-3H3,(H,24,26). The van der Waals surface area contributed by atoms with Crippen LogP contribution in [0.2, 0.25) is 0 Å². The summed E-state index contributed by atoms with van der Waals surface area (Å²) in [4.78, 5) is 11.1. The molecule has 30 heavy (non-hydrogen) atoms. The summed E-state index contributed by atoms with van der Waals surface area (Å²) in [5.74, 6) is -0.168. The molecule has 0 bridgehead atoms. The van der Waals surface area contributed by atoms with E-state index < -0.39 is 17.7 Å². The Morgan fingerprint density at radius 1 is 1.20 bits per heavy atom. The number of nitrogens with zero attached hydrogens (tertiary/aromatic N) is 3. The van der Waals surface area contributed by atoms with Gasteiger partial charge in [-0.2, -0.15) is 0 Å². The number of aliphatic hydroxyl groups is 2. The molecule has 7 nitrogen and oxygen atoms in total. The minimum absolute atomic E-state index is 0.0423. The molecule has 1 aliphatic heterocycles. The van der Waals surface area contributed by atoms with Crippen molar-refractivity contribution in [2.75, 3.05) is 23.3 Å². The number of aromatic nitrogens is 2. The summed E-state index contributed by atoms with van der Waals surface area (Å²) in [5, 5.41) is 22.9. The molecule has 2 heterocycles. The van der Waals surface area contributed by atoms with Crippen molar-refractivity contribution in [1.29, 1.82) is 0 Å². The molecule has 1 unspecified atom stereocenters. The molecule has 3 N–H and O–H groups in total. The van der Waals surface area contributed by atoms with Crippen LogP contribution in [0.1, 0.15) is 51.1 Å². The highest BCUT2D eigenvalue weighted by atomic mass is 19.1. The van der Waals surface area contributed by atoms with E-state index in [0.29, 0.717) is 49.0 Å². The molecule has 3 rings (SSSR count). The lowest BCUT2D eigenvalue weighted by Crippen LogP contribution is -2.39. The Kier molecular flexibility index (Phi) is 7.04. The van der Waals surface area contributed by atoms with Gasteiger partial charge in [0.05, 0.1) is 24.1 Å². The third-order valence-electron chi connectivity index (χ3n) is 4.88. The van der Waals surface area contributed by atoms with Crippen molar-refractivity contribution >= 4 is 11.6 Å². The topological polar surface area (TPSA) is 90.7 Å². The molecule has 0 spiro atoms. The molecule has 1 aromatic heterocycles. The van der Waals surface area contributed by atoms with Crippen molar-refractivity contribution in [3.63, 3.8) is 0 Å². The van der Waals surface area contributed by atoms with Crippen LogP contribution in [0.25, 0.3) is 0 Å². The summed E-state index contributed by atoms with van der Waals surface area (Å²) in [6, 6.07) is 3.38. The van der Waals surface area contributed by atoms with Crippen LogP contribution in [-0.2, 0) is 6.61 Å². The van der Waals surface area contributed by atoms with Gasteiger partial charge >= 0.3 is 0 Å². The van der Waals surface area contributed by atoms with Crippen LogP contribution in [0, 0.1) is 11.6 Å². The van der Waals surface area contributed by atoms with E-state index in [9.17, 15) is 19.0 Å². The maximum absolute atomic E-state index is 13.9. The Labute approximate surface area is 174 Å². The molecule has 1 aromatic carbocycles. The zero-order chi connectivity index (χ0) is 21.8. The Hall–Kier alpha value is -2.52. The fourth-order valence-corrected chi connectivity index (χ4v) is 3.45. The summed E-state index contributed by atoms with van der Waals surface area (Å²) >= 11 is 0. The molecule has 9 heteroatoms. The fourth-order valence-electron chi connectivity index (χ4n) is 3.45. The van der Waals surface area contributed by atoms with Crippen molar-refractivity contribution in [2.45, 2.75) is 58.5 Å². The van der Waals surface area contributed by atoms with Gasteiger partial charge in [-0.15, -0.1) is 0 Å². The Balaban J connectivity index is 1.76. The van der Waals surface area contributed by atoms with E-state index >= 15 is 0 Å². The molecule has 0 saturated carbocycles. The second-order valence-corrected chi connectivity index (χ2v) is 7.74. The highest BCUT2D eigenvalue weighted by molar-refractivity contribution is 5.62. The lowest BCUT2D eigenvalue weighted by molar-refractivity contribution is 0.163. The van der Waals surface area contributed by atoms with Gasteiger partial charge in [0.15, 0.2) is 23.2 Å². The highest BCUT2D eigenvalue weighted by Gasteiger charge is 2.26. The number of ether oxygens (including phenoxy) is 1. The molecule has 164 valence electrons. The van der Waals surface area contributed by atoms with Crippen molar-refractivity contribution in [3.8, 4) is 5.75 Å². The van der Waals surface area contributed by atoms with Gasteiger partial charge < -0.3 is 25.2 Å². The Bertz CT molecular complexity index is 872. The second kappa shape index (κ2) is 9.53. The van der Waals surface area contributed by atoms with Crippen LogP contribution < -0.4 is 15.0 Å². The second-order valence-electron chi connectivity index (χ2n) is 7.74. The molecule has 0 amide bonds. The van der Waals surface area contributed by atoms with Gasteiger partial charge in [0, 0.05) is 38.0 Å². The third-order valence-corrected chi connectivity index (χ3v) is 4.88. The van der Waals surface area contributed by atoms with Gasteiger partial charge in [-0.1, -0.05) is 0 Å². The summed E-state index contributed by atoms with van der Waals surface area (Å²) in [6.07, 6.45) is 0.175. The average Bonchev–Trinajstić information content (AvgIpc) is 2.70. The van der Waals surface area contributed by atoms with Crippen molar-refractivity contribution < 1.29 is 23.7 Å². The largest absolute Gasteiger partial charge is 0.487 e. The number of halogens is 2. The van der Waals surface area contributed by atoms with Crippen LogP contribution in [0.3, 0.4) is 0 Å². The lowest BCUT2D eigenvalue weighted by atomic mass is 10.1. The lowest BCUT2D eigenvalue weighted by Gasteiger charge is -2.34. The summed E-state index contributed by atoms with van der Waals surface area (Å²) in [6.45, 7) is 6.39.